The van der Waals surface area contributed by atoms with E-state index in [0.29, 0.717) is 6.42 Å². The Balaban J connectivity index is 1.36. The largest absolute Gasteiger partial charge is 0.356 e. The molecule has 1 amide bonds. The zero-order chi connectivity index (χ0) is 18.2. The summed E-state index contributed by atoms with van der Waals surface area (Å²) in [5.41, 5.74) is 1.94. The Hall–Kier alpha value is -2.14. The molecule has 0 saturated heterocycles. The van der Waals surface area contributed by atoms with Crippen LogP contribution in [0.5, 0.6) is 0 Å². The normalized spacial score (nSPS) is 15.3. The Labute approximate surface area is 156 Å². The molecule has 2 aromatic rings. The van der Waals surface area contributed by atoms with Gasteiger partial charge in [-0.15, -0.1) is 0 Å². The fourth-order valence-electron chi connectivity index (χ4n) is 3.68. The first-order valence-electron chi connectivity index (χ1n) is 9.78. The number of para-hydroxylation sites is 1. The highest BCUT2D eigenvalue weighted by atomic mass is 16.1. The molecule has 0 aliphatic heterocycles. The zero-order valence-electron chi connectivity index (χ0n) is 15.7. The van der Waals surface area contributed by atoms with Crippen molar-refractivity contribution < 1.29 is 4.79 Å². The summed E-state index contributed by atoms with van der Waals surface area (Å²) in [6.45, 7) is 1.79. The van der Waals surface area contributed by atoms with Gasteiger partial charge in [0, 0.05) is 18.8 Å². The third kappa shape index (κ3) is 5.43. The molecule has 5 heteroatoms. The number of aromatic nitrogens is 2. The lowest BCUT2D eigenvalue weighted by Gasteiger charge is -2.31. The van der Waals surface area contributed by atoms with Gasteiger partial charge < -0.3 is 10.2 Å². The molecule has 1 heterocycles. The third-order valence-corrected chi connectivity index (χ3v) is 5.23. The number of hydrogen-bond donors (Lipinski definition) is 1. The number of carbonyl (C=O) groups excluding carboxylic acids is 1. The van der Waals surface area contributed by atoms with E-state index in [0.717, 1.165) is 36.8 Å². The number of nitrogens with one attached hydrogen (secondary N) is 1. The van der Waals surface area contributed by atoms with E-state index in [2.05, 4.69) is 22.4 Å². The SMILES string of the molecule is CN(CCCNC(=O)Cc1cnn(-c2ccccc2)c1)C1CCCCC1. The topological polar surface area (TPSA) is 50.2 Å². The minimum atomic E-state index is 0.0675. The second-order valence-electron chi connectivity index (χ2n) is 7.28. The van der Waals surface area contributed by atoms with Gasteiger partial charge >= 0.3 is 0 Å². The van der Waals surface area contributed by atoms with Crippen LogP contribution in [0.25, 0.3) is 5.69 Å². The molecule has 1 saturated carbocycles. The lowest BCUT2D eigenvalue weighted by molar-refractivity contribution is -0.120. The highest BCUT2D eigenvalue weighted by Gasteiger charge is 2.17. The zero-order valence-corrected chi connectivity index (χ0v) is 15.7. The molecule has 1 aliphatic rings. The van der Waals surface area contributed by atoms with Crippen LogP contribution in [0.15, 0.2) is 42.7 Å². The first-order chi connectivity index (χ1) is 12.7. The summed E-state index contributed by atoms with van der Waals surface area (Å²) in [5, 5.41) is 7.38. The minimum absolute atomic E-state index is 0.0675. The van der Waals surface area contributed by atoms with Gasteiger partial charge in [0.15, 0.2) is 0 Å². The third-order valence-electron chi connectivity index (χ3n) is 5.23. The van der Waals surface area contributed by atoms with Crippen LogP contribution in [0.3, 0.4) is 0 Å². The molecule has 0 radical (unpaired) electrons. The molecule has 1 aromatic carbocycles. The Morgan fingerprint density at radius 2 is 2.00 bits per heavy atom. The quantitative estimate of drug-likeness (QED) is 0.741. The highest BCUT2D eigenvalue weighted by Crippen LogP contribution is 2.21. The molecule has 3 rings (SSSR count). The first-order valence-corrected chi connectivity index (χ1v) is 9.78. The molecule has 0 unspecified atom stereocenters. The molecule has 5 nitrogen and oxygen atoms in total. The van der Waals surface area contributed by atoms with Crippen molar-refractivity contribution in [2.24, 2.45) is 0 Å². The van der Waals surface area contributed by atoms with Gasteiger partial charge in [-0.3, -0.25) is 4.79 Å². The fraction of sp³-hybridized carbons (Fsp3) is 0.524. The average molecular weight is 354 g/mol. The minimum Gasteiger partial charge on any atom is -0.356 e. The maximum absolute atomic E-state index is 12.1. The summed E-state index contributed by atoms with van der Waals surface area (Å²) in [6, 6.07) is 10.7. The van der Waals surface area contributed by atoms with E-state index >= 15 is 0 Å². The van der Waals surface area contributed by atoms with Gasteiger partial charge in [0.1, 0.15) is 0 Å². The molecule has 140 valence electrons. The molecule has 0 atom stereocenters. The van der Waals surface area contributed by atoms with Crippen molar-refractivity contribution in [1.29, 1.82) is 0 Å². The van der Waals surface area contributed by atoms with Gasteiger partial charge in [-0.1, -0.05) is 37.5 Å². The Bertz CT molecular complexity index is 676. The maximum atomic E-state index is 12.1. The molecule has 1 aliphatic carbocycles. The van der Waals surface area contributed by atoms with Crippen LogP contribution in [0, 0.1) is 0 Å². The van der Waals surface area contributed by atoms with E-state index in [1.807, 2.05) is 41.2 Å². The van der Waals surface area contributed by atoms with E-state index in [9.17, 15) is 4.79 Å². The number of benzene rings is 1. The number of carbonyl (C=O) groups is 1. The number of amides is 1. The second kappa shape index (κ2) is 9.53. The predicted octanol–water partition coefficient (Wildman–Crippen LogP) is 3.19. The number of hydrogen-bond acceptors (Lipinski definition) is 3. The van der Waals surface area contributed by atoms with Crippen molar-refractivity contribution in [2.75, 3.05) is 20.1 Å². The van der Waals surface area contributed by atoms with Crippen molar-refractivity contribution in [2.45, 2.75) is 51.0 Å². The van der Waals surface area contributed by atoms with Crippen molar-refractivity contribution >= 4 is 5.91 Å². The van der Waals surface area contributed by atoms with E-state index < -0.39 is 0 Å². The maximum Gasteiger partial charge on any atom is 0.224 e. The standard InChI is InChI=1S/C21H30N4O/c1-24(19-9-4-2-5-10-19)14-8-13-22-21(26)15-18-16-23-25(17-18)20-11-6-3-7-12-20/h3,6-7,11-12,16-17,19H,2,4-5,8-10,13-15H2,1H3,(H,22,26). The van der Waals surface area contributed by atoms with Crippen LogP contribution < -0.4 is 5.32 Å². The van der Waals surface area contributed by atoms with Crippen LogP contribution in [0.4, 0.5) is 0 Å². The molecule has 26 heavy (non-hydrogen) atoms. The Kier molecular flexibility index (Phi) is 6.83. The smallest absolute Gasteiger partial charge is 0.224 e. The summed E-state index contributed by atoms with van der Waals surface area (Å²) < 4.78 is 1.81. The van der Waals surface area contributed by atoms with Crippen LogP contribution >= 0.6 is 0 Å². The van der Waals surface area contributed by atoms with Crippen molar-refractivity contribution in [3.63, 3.8) is 0 Å². The van der Waals surface area contributed by atoms with Gasteiger partial charge in [0.2, 0.25) is 5.91 Å². The lowest BCUT2D eigenvalue weighted by atomic mass is 9.94. The van der Waals surface area contributed by atoms with Gasteiger partial charge in [-0.05, 0) is 50.6 Å². The van der Waals surface area contributed by atoms with E-state index in [-0.39, 0.29) is 5.91 Å². The summed E-state index contributed by atoms with van der Waals surface area (Å²) in [4.78, 5) is 14.6. The molecule has 1 fully saturated rings. The van der Waals surface area contributed by atoms with Crippen LogP contribution in [0.2, 0.25) is 0 Å². The first kappa shape index (κ1) is 18.6. The molecule has 0 spiro atoms. The number of nitrogens with zero attached hydrogens (tertiary/aromatic N) is 3. The molecular weight excluding hydrogens is 324 g/mol. The van der Waals surface area contributed by atoms with Crippen molar-refractivity contribution in [3.8, 4) is 5.69 Å². The Morgan fingerprint density at radius 3 is 2.77 bits per heavy atom. The Morgan fingerprint density at radius 1 is 1.23 bits per heavy atom. The van der Waals surface area contributed by atoms with Crippen LogP contribution in [-0.2, 0) is 11.2 Å². The summed E-state index contributed by atoms with van der Waals surface area (Å²) >= 11 is 0. The predicted molar refractivity (Wildman–Crippen MR) is 104 cm³/mol. The number of rotatable bonds is 8. The molecule has 1 N–H and O–H groups in total. The second-order valence-corrected chi connectivity index (χ2v) is 7.28. The van der Waals surface area contributed by atoms with Crippen LogP contribution in [0.1, 0.15) is 44.1 Å². The molecule has 1 aromatic heterocycles. The summed E-state index contributed by atoms with van der Waals surface area (Å²) in [7, 11) is 2.22. The van der Waals surface area contributed by atoms with E-state index in [1.54, 1.807) is 6.20 Å². The summed E-state index contributed by atoms with van der Waals surface area (Å²) in [6.07, 6.45) is 11.8. The highest BCUT2D eigenvalue weighted by molar-refractivity contribution is 5.78. The van der Waals surface area contributed by atoms with E-state index in [1.165, 1.54) is 32.1 Å². The average Bonchev–Trinajstić information content (AvgIpc) is 3.15. The van der Waals surface area contributed by atoms with Crippen molar-refractivity contribution in [1.82, 2.24) is 20.0 Å². The van der Waals surface area contributed by atoms with Gasteiger partial charge in [0.25, 0.3) is 0 Å². The lowest BCUT2D eigenvalue weighted by Crippen LogP contribution is -2.36. The summed E-state index contributed by atoms with van der Waals surface area (Å²) in [5.74, 6) is 0.0675. The van der Waals surface area contributed by atoms with Crippen molar-refractivity contribution in [3.05, 3.63) is 48.3 Å². The monoisotopic (exact) mass is 354 g/mol. The molecule has 0 bridgehead atoms. The van der Waals surface area contributed by atoms with E-state index in [4.69, 9.17) is 0 Å². The van der Waals surface area contributed by atoms with Gasteiger partial charge in [-0.25, -0.2) is 4.68 Å². The fourth-order valence-corrected chi connectivity index (χ4v) is 3.68. The molecular formula is C21H30N4O. The van der Waals surface area contributed by atoms with Gasteiger partial charge in [-0.2, -0.15) is 5.10 Å². The van der Waals surface area contributed by atoms with Gasteiger partial charge in [0.05, 0.1) is 18.3 Å². The van der Waals surface area contributed by atoms with Crippen LogP contribution in [-0.4, -0.2) is 46.8 Å².